The van der Waals surface area contributed by atoms with Crippen molar-refractivity contribution >= 4 is 28.9 Å². The van der Waals surface area contributed by atoms with Crippen molar-refractivity contribution in [2.45, 2.75) is 20.6 Å². The highest BCUT2D eigenvalue weighted by Crippen LogP contribution is 2.29. The highest BCUT2D eigenvalue weighted by Gasteiger charge is 2.19. The van der Waals surface area contributed by atoms with Crippen LogP contribution in [0.25, 0.3) is 0 Å². The zero-order chi connectivity index (χ0) is 21.7. The molecule has 0 saturated heterocycles. The number of rotatable bonds is 8. The molecular weight excluding hydrogens is 412 g/mol. The van der Waals surface area contributed by atoms with Gasteiger partial charge in [-0.3, -0.25) is 14.9 Å². The van der Waals surface area contributed by atoms with E-state index in [-0.39, 0.29) is 23.8 Å². The highest BCUT2D eigenvalue weighted by atomic mass is 35.5. The van der Waals surface area contributed by atoms with Crippen molar-refractivity contribution in [3.8, 4) is 11.5 Å². The molecule has 3 aromatic rings. The van der Waals surface area contributed by atoms with Crippen LogP contribution in [0.3, 0.4) is 0 Å². The van der Waals surface area contributed by atoms with E-state index in [1.807, 2.05) is 6.92 Å². The van der Waals surface area contributed by atoms with Gasteiger partial charge in [0.2, 0.25) is 0 Å². The van der Waals surface area contributed by atoms with E-state index in [1.54, 1.807) is 37.4 Å². The van der Waals surface area contributed by atoms with Gasteiger partial charge >= 0.3 is 0 Å². The van der Waals surface area contributed by atoms with Crippen LogP contribution >= 0.6 is 11.6 Å². The summed E-state index contributed by atoms with van der Waals surface area (Å²) in [6, 6.07) is 11.0. The van der Waals surface area contributed by atoms with E-state index < -0.39 is 10.8 Å². The van der Waals surface area contributed by atoms with Crippen molar-refractivity contribution < 1.29 is 19.2 Å². The fourth-order valence-corrected chi connectivity index (χ4v) is 2.90. The Morgan fingerprint density at radius 2 is 2.03 bits per heavy atom. The van der Waals surface area contributed by atoms with Crippen LogP contribution in [0.15, 0.2) is 48.7 Å². The van der Waals surface area contributed by atoms with Gasteiger partial charge in [-0.2, -0.15) is 5.10 Å². The Bertz CT molecular complexity index is 1080. The van der Waals surface area contributed by atoms with Crippen LogP contribution in [-0.2, 0) is 6.73 Å². The summed E-state index contributed by atoms with van der Waals surface area (Å²) in [7, 11) is 0. The van der Waals surface area contributed by atoms with E-state index in [0.717, 1.165) is 5.56 Å². The second-order valence-electron chi connectivity index (χ2n) is 6.25. The quantitative estimate of drug-likeness (QED) is 0.418. The van der Waals surface area contributed by atoms with Crippen molar-refractivity contribution in [2.24, 2.45) is 0 Å². The minimum atomic E-state index is -0.584. The van der Waals surface area contributed by atoms with Gasteiger partial charge in [-0.15, -0.1) is 0 Å². The number of aromatic nitrogens is 2. The number of nitrogens with zero attached hydrogens (tertiary/aromatic N) is 3. The molecule has 0 saturated carbocycles. The Morgan fingerprint density at radius 1 is 1.23 bits per heavy atom. The molecule has 2 aromatic carbocycles. The normalized spacial score (nSPS) is 10.5. The molecule has 0 atom stereocenters. The number of nitro groups is 1. The first-order valence-corrected chi connectivity index (χ1v) is 9.40. The van der Waals surface area contributed by atoms with Crippen molar-refractivity contribution in [3.05, 3.63) is 75.1 Å². The topological polar surface area (TPSA) is 109 Å². The second kappa shape index (κ2) is 9.27. The summed E-state index contributed by atoms with van der Waals surface area (Å²) in [6.07, 6.45) is 1.58. The molecule has 3 rings (SSSR count). The molecular formula is C20H19ClN4O5. The molecule has 1 N–H and O–H groups in total. The molecule has 9 nitrogen and oxygen atoms in total. The number of halogens is 1. The number of aryl methyl sites for hydroxylation is 1. The molecule has 1 amide bonds. The lowest BCUT2D eigenvalue weighted by Gasteiger charge is -2.09. The fourth-order valence-electron chi connectivity index (χ4n) is 2.68. The summed E-state index contributed by atoms with van der Waals surface area (Å²) in [5.41, 5.74) is 0.747. The van der Waals surface area contributed by atoms with E-state index >= 15 is 0 Å². The lowest BCUT2D eigenvalue weighted by atomic mass is 10.2. The Balaban J connectivity index is 1.68. The van der Waals surface area contributed by atoms with E-state index in [1.165, 1.54) is 22.9 Å². The first-order chi connectivity index (χ1) is 14.4. The zero-order valence-corrected chi connectivity index (χ0v) is 17.0. The summed E-state index contributed by atoms with van der Waals surface area (Å²) >= 11 is 5.93. The fraction of sp³-hybridized carbons (Fsp3) is 0.200. The van der Waals surface area contributed by atoms with E-state index in [4.69, 9.17) is 21.1 Å². The van der Waals surface area contributed by atoms with Gasteiger partial charge in [0.15, 0.2) is 12.4 Å². The summed E-state index contributed by atoms with van der Waals surface area (Å²) in [5.74, 6) is 0.413. The number of hydrogen-bond acceptors (Lipinski definition) is 6. The SMILES string of the molecule is CCOc1ccc(NC(=O)c2ccn(COc3ccc(Cl)cc3C)n2)c([N+](=O)[O-])c1. The Kier molecular flexibility index (Phi) is 6.53. The monoisotopic (exact) mass is 430 g/mol. The molecule has 0 radical (unpaired) electrons. The number of carbonyl (C=O) groups is 1. The first kappa shape index (κ1) is 21.1. The minimum absolute atomic E-state index is 0.0519. The van der Waals surface area contributed by atoms with Crippen molar-refractivity contribution in [1.82, 2.24) is 9.78 Å². The van der Waals surface area contributed by atoms with E-state index in [9.17, 15) is 14.9 Å². The molecule has 0 bridgehead atoms. The third-order valence-electron chi connectivity index (χ3n) is 4.09. The van der Waals surface area contributed by atoms with Gasteiger partial charge in [0.1, 0.15) is 17.2 Å². The largest absolute Gasteiger partial charge is 0.494 e. The van der Waals surface area contributed by atoms with Crippen LogP contribution in [-0.4, -0.2) is 27.2 Å². The average molecular weight is 431 g/mol. The van der Waals surface area contributed by atoms with Gasteiger partial charge < -0.3 is 14.8 Å². The summed E-state index contributed by atoms with van der Waals surface area (Å²) in [6.45, 7) is 4.10. The Morgan fingerprint density at radius 3 is 2.73 bits per heavy atom. The highest BCUT2D eigenvalue weighted by molar-refractivity contribution is 6.30. The van der Waals surface area contributed by atoms with E-state index in [0.29, 0.717) is 23.1 Å². The standard InChI is InChI=1S/C20H19ClN4O5/c1-3-29-15-5-6-16(18(11-15)25(27)28)22-20(26)17-8-9-24(23-17)12-30-19-7-4-14(21)10-13(19)2/h4-11H,3,12H2,1-2H3,(H,22,26). The lowest BCUT2D eigenvalue weighted by molar-refractivity contribution is -0.384. The maximum Gasteiger partial charge on any atom is 0.296 e. The van der Waals surface area contributed by atoms with Crippen molar-refractivity contribution in [2.75, 3.05) is 11.9 Å². The summed E-state index contributed by atoms with van der Waals surface area (Å²) < 4.78 is 12.4. The predicted molar refractivity (Wildman–Crippen MR) is 111 cm³/mol. The van der Waals surface area contributed by atoms with Crippen LogP contribution in [0.2, 0.25) is 5.02 Å². The maximum atomic E-state index is 12.5. The van der Waals surface area contributed by atoms with E-state index in [2.05, 4.69) is 10.4 Å². The van der Waals surface area contributed by atoms with Crippen molar-refractivity contribution in [1.29, 1.82) is 0 Å². The number of nitro benzene ring substituents is 1. The van der Waals surface area contributed by atoms with Gasteiger partial charge in [-0.25, -0.2) is 4.68 Å². The van der Waals surface area contributed by atoms with Gasteiger partial charge in [-0.1, -0.05) is 11.6 Å². The molecule has 1 heterocycles. The summed E-state index contributed by atoms with van der Waals surface area (Å²) in [5, 5.41) is 18.6. The third-order valence-corrected chi connectivity index (χ3v) is 4.32. The molecule has 0 spiro atoms. The maximum absolute atomic E-state index is 12.5. The first-order valence-electron chi connectivity index (χ1n) is 9.02. The third kappa shape index (κ3) is 5.06. The number of nitrogens with one attached hydrogen (secondary N) is 1. The molecule has 0 fully saturated rings. The Hall–Kier alpha value is -3.59. The molecule has 0 unspecified atom stereocenters. The molecule has 30 heavy (non-hydrogen) atoms. The number of anilines is 1. The lowest BCUT2D eigenvalue weighted by Crippen LogP contribution is -2.15. The number of benzene rings is 2. The second-order valence-corrected chi connectivity index (χ2v) is 6.68. The molecule has 0 aliphatic carbocycles. The number of hydrogen-bond donors (Lipinski definition) is 1. The summed E-state index contributed by atoms with van der Waals surface area (Å²) in [4.78, 5) is 23.2. The van der Waals surface area contributed by atoms with Gasteiger partial charge in [0, 0.05) is 11.2 Å². The molecule has 156 valence electrons. The zero-order valence-electron chi connectivity index (χ0n) is 16.3. The van der Waals surface area contributed by atoms with Crippen LogP contribution in [0, 0.1) is 17.0 Å². The van der Waals surface area contributed by atoms with Gasteiger partial charge in [0.25, 0.3) is 11.6 Å². The van der Waals surface area contributed by atoms with Crippen LogP contribution < -0.4 is 14.8 Å². The number of ether oxygens (including phenoxy) is 2. The van der Waals surface area contributed by atoms with Gasteiger partial charge in [0.05, 0.1) is 17.6 Å². The molecule has 0 aliphatic heterocycles. The molecule has 0 aliphatic rings. The Labute approximate surface area is 177 Å². The van der Waals surface area contributed by atoms with Crippen LogP contribution in [0.1, 0.15) is 23.0 Å². The number of carbonyl (C=O) groups excluding carboxylic acids is 1. The average Bonchev–Trinajstić information content (AvgIpc) is 3.18. The molecule has 10 heteroatoms. The molecule has 1 aromatic heterocycles. The van der Waals surface area contributed by atoms with Crippen LogP contribution in [0.4, 0.5) is 11.4 Å². The predicted octanol–water partition coefficient (Wildman–Crippen LogP) is 4.44. The van der Waals surface area contributed by atoms with Crippen molar-refractivity contribution in [3.63, 3.8) is 0 Å². The number of amides is 1. The smallest absolute Gasteiger partial charge is 0.296 e. The van der Waals surface area contributed by atoms with Gasteiger partial charge in [-0.05, 0) is 55.8 Å². The minimum Gasteiger partial charge on any atom is -0.494 e. The van der Waals surface area contributed by atoms with Crippen LogP contribution in [0.5, 0.6) is 11.5 Å².